The van der Waals surface area contributed by atoms with Gasteiger partial charge in [0.25, 0.3) is 0 Å². The molecule has 0 aliphatic heterocycles. The van der Waals surface area contributed by atoms with Gasteiger partial charge in [0.2, 0.25) is 0 Å². The van der Waals surface area contributed by atoms with Crippen LogP contribution in [0.1, 0.15) is 22.8 Å². The average molecular weight is 319 g/mol. The highest BCUT2D eigenvalue weighted by atomic mass is 35.5. The Labute approximate surface area is 123 Å². The van der Waals surface area contributed by atoms with E-state index >= 15 is 0 Å². The third-order valence-corrected chi connectivity index (χ3v) is 3.36. The van der Waals surface area contributed by atoms with Gasteiger partial charge in [0.15, 0.2) is 0 Å². The molecule has 2 rings (SSSR count). The largest absolute Gasteiger partial charge is 0.416 e. The first-order valence-corrected chi connectivity index (χ1v) is 6.45. The van der Waals surface area contributed by atoms with Gasteiger partial charge >= 0.3 is 6.18 Å². The molecule has 1 atom stereocenters. The van der Waals surface area contributed by atoms with Crippen LogP contribution in [-0.4, -0.2) is 5.11 Å². The molecule has 1 nitrogen and oxygen atoms in total. The maximum Gasteiger partial charge on any atom is 0.416 e. The van der Waals surface area contributed by atoms with Gasteiger partial charge in [-0.05, 0) is 29.3 Å². The minimum Gasteiger partial charge on any atom is -0.388 e. The van der Waals surface area contributed by atoms with E-state index in [2.05, 4.69) is 0 Å². The minimum absolute atomic E-state index is 0.0629. The number of rotatable bonds is 3. The highest BCUT2D eigenvalue weighted by Crippen LogP contribution is 2.30. The first-order valence-electron chi connectivity index (χ1n) is 6.07. The molecule has 21 heavy (non-hydrogen) atoms. The third kappa shape index (κ3) is 3.74. The van der Waals surface area contributed by atoms with Gasteiger partial charge in [-0.25, -0.2) is 4.39 Å². The lowest BCUT2D eigenvalue weighted by Crippen LogP contribution is -2.07. The number of alkyl halides is 3. The molecule has 2 aromatic rings. The van der Waals surface area contributed by atoms with E-state index in [9.17, 15) is 22.7 Å². The topological polar surface area (TPSA) is 20.2 Å². The van der Waals surface area contributed by atoms with Crippen molar-refractivity contribution >= 4 is 11.6 Å². The van der Waals surface area contributed by atoms with Crippen molar-refractivity contribution in [3.05, 3.63) is 70.0 Å². The Hall–Kier alpha value is -1.59. The van der Waals surface area contributed by atoms with Crippen LogP contribution in [0.5, 0.6) is 0 Å². The summed E-state index contributed by atoms with van der Waals surface area (Å²) in [6.45, 7) is 0. The maximum absolute atomic E-state index is 13.7. The molecular formula is C15H11ClF4O. The summed E-state index contributed by atoms with van der Waals surface area (Å²) in [6, 6.07) is 8.51. The van der Waals surface area contributed by atoms with E-state index in [0.717, 1.165) is 12.1 Å². The van der Waals surface area contributed by atoms with Crippen molar-refractivity contribution in [2.24, 2.45) is 0 Å². The smallest absolute Gasteiger partial charge is 0.388 e. The summed E-state index contributed by atoms with van der Waals surface area (Å²) in [5, 5.41) is 9.93. The van der Waals surface area contributed by atoms with E-state index in [4.69, 9.17) is 11.6 Å². The van der Waals surface area contributed by atoms with E-state index in [1.165, 1.54) is 24.3 Å². The predicted octanol–water partition coefficient (Wildman–Crippen LogP) is 4.77. The van der Waals surface area contributed by atoms with E-state index in [1.54, 1.807) is 6.07 Å². The second kappa shape index (κ2) is 6.03. The van der Waals surface area contributed by atoms with Gasteiger partial charge in [-0.2, -0.15) is 13.2 Å². The van der Waals surface area contributed by atoms with Gasteiger partial charge in [0.1, 0.15) is 5.82 Å². The molecule has 0 aliphatic carbocycles. The molecule has 0 saturated carbocycles. The number of hydrogen-bond acceptors (Lipinski definition) is 1. The molecule has 0 aliphatic rings. The van der Waals surface area contributed by atoms with Crippen LogP contribution < -0.4 is 0 Å². The highest BCUT2D eigenvalue weighted by Gasteiger charge is 2.30. The van der Waals surface area contributed by atoms with Crippen LogP contribution in [0.25, 0.3) is 0 Å². The van der Waals surface area contributed by atoms with E-state index in [1.807, 2.05) is 0 Å². The zero-order valence-electron chi connectivity index (χ0n) is 10.7. The molecule has 1 unspecified atom stereocenters. The van der Waals surface area contributed by atoms with Gasteiger partial charge in [0.05, 0.1) is 16.7 Å². The Morgan fingerprint density at radius 1 is 1.05 bits per heavy atom. The molecule has 0 saturated heterocycles. The molecule has 6 heteroatoms. The molecule has 0 bridgehead atoms. The summed E-state index contributed by atoms with van der Waals surface area (Å²) in [5.41, 5.74) is -0.315. The maximum atomic E-state index is 13.7. The van der Waals surface area contributed by atoms with E-state index in [0.29, 0.717) is 0 Å². The van der Waals surface area contributed by atoms with Crippen molar-refractivity contribution < 1.29 is 22.7 Å². The lowest BCUT2D eigenvalue weighted by Gasteiger charge is -2.13. The lowest BCUT2D eigenvalue weighted by molar-refractivity contribution is -0.137. The van der Waals surface area contributed by atoms with Crippen LogP contribution >= 0.6 is 11.6 Å². The highest BCUT2D eigenvalue weighted by molar-refractivity contribution is 6.30. The van der Waals surface area contributed by atoms with Crippen LogP contribution in [0.15, 0.2) is 42.5 Å². The zero-order chi connectivity index (χ0) is 15.6. The summed E-state index contributed by atoms with van der Waals surface area (Å²) in [7, 11) is 0. The van der Waals surface area contributed by atoms with Gasteiger partial charge in [-0.1, -0.05) is 35.9 Å². The summed E-state index contributed by atoms with van der Waals surface area (Å²) in [5.74, 6) is -0.634. The second-order valence-corrected chi connectivity index (χ2v) is 4.96. The molecule has 0 amide bonds. The van der Waals surface area contributed by atoms with Crippen LogP contribution in [0.3, 0.4) is 0 Å². The van der Waals surface area contributed by atoms with Crippen molar-refractivity contribution in [3.8, 4) is 0 Å². The molecule has 0 spiro atoms. The Balaban J connectivity index is 2.17. The van der Waals surface area contributed by atoms with E-state index < -0.39 is 23.7 Å². The fraction of sp³-hybridized carbons (Fsp3) is 0.200. The van der Waals surface area contributed by atoms with Crippen LogP contribution in [0.4, 0.5) is 17.6 Å². The number of hydrogen-bond donors (Lipinski definition) is 1. The fourth-order valence-electron chi connectivity index (χ4n) is 1.93. The molecule has 112 valence electrons. The second-order valence-electron chi connectivity index (χ2n) is 4.55. The number of aliphatic hydroxyl groups excluding tert-OH is 1. The summed E-state index contributed by atoms with van der Waals surface area (Å²) in [4.78, 5) is 0. The first kappa shape index (κ1) is 15.8. The molecule has 0 radical (unpaired) electrons. The van der Waals surface area contributed by atoms with Crippen LogP contribution in [0.2, 0.25) is 5.02 Å². The average Bonchev–Trinajstić information content (AvgIpc) is 2.43. The van der Waals surface area contributed by atoms with Crippen molar-refractivity contribution in [1.82, 2.24) is 0 Å². The van der Waals surface area contributed by atoms with Crippen molar-refractivity contribution in [1.29, 1.82) is 0 Å². The van der Waals surface area contributed by atoms with Crippen molar-refractivity contribution in [3.63, 3.8) is 0 Å². The summed E-state index contributed by atoms with van der Waals surface area (Å²) in [6.07, 6.45) is -5.61. The first-order chi connectivity index (χ1) is 9.79. The molecule has 0 aromatic heterocycles. The molecule has 2 aromatic carbocycles. The van der Waals surface area contributed by atoms with Crippen LogP contribution in [-0.2, 0) is 12.6 Å². The van der Waals surface area contributed by atoms with Crippen LogP contribution in [0, 0.1) is 5.82 Å². The van der Waals surface area contributed by atoms with Gasteiger partial charge in [-0.15, -0.1) is 0 Å². The Kier molecular flexibility index (Phi) is 4.54. The Morgan fingerprint density at radius 2 is 1.67 bits per heavy atom. The Bertz CT molecular complexity index is 623. The summed E-state index contributed by atoms with van der Waals surface area (Å²) >= 11 is 5.63. The predicted molar refractivity (Wildman–Crippen MR) is 71.5 cm³/mol. The number of halogens is 5. The SMILES string of the molecule is OC(Cc1cccc(Cl)c1F)c1ccc(C(F)(F)F)cc1. The Morgan fingerprint density at radius 3 is 2.24 bits per heavy atom. The fourth-order valence-corrected chi connectivity index (χ4v) is 2.12. The van der Waals surface area contributed by atoms with Crippen molar-refractivity contribution in [2.45, 2.75) is 18.7 Å². The van der Waals surface area contributed by atoms with E-state index in [-0.39, 0.29) is 22.6 Å². The molecule has 0 fully saturated rings. The van der Waals surface area contributed by atoms with Gasteiger partial charge < -0.3 is 5.11 Å². The minimum atomic E-state index is -4.43. The normalized spacial score (nSPS) is 13.2. The van der Waals surface area contributed by atoms with Crippen molar-refractivity contribution in [2.75, 3.05) is 0 Å². The molecule has 1 N–H and O–H groups in total. The lowest BCUT2D eigenvalue weighted by atomic mass is 10.00. The van der Waals surface area contributed by atoms with Gasteiger partial charge in [0, 0.05) is 6.42 Å². The summed E-state index contributed by atoms with van der Waals surface area (Å²) < 4.78 is 51.0. The standard InChI is InChI=1S/C15H11ClF4O/c16-12-3-1-2-10(14(12)17)8-13(21)9-4-6-11(7-5-9)15(18,19)20/h1-7,13,21H,8H2. The van der Waals surface area contributed by atoms with Gasteiger partial charge in [-0.3, -0.25) is 0 Å². The zero-order valence-corrected chi connectivity index (χ0v) is 11.4. The number of aliphatic hydroxyl groups is 1. The monoisotopic (exact) mass is 318 g/mol. The molecular weight excluding hydrogens is 308 g/mol. The third-order valence-electron chi connectivity index (χ3n) is 3.07. The quantitative estimate of drug-likeness (QED) is 0.808. The molecule has 0 heterocycles. The number of benzene rings is 2.